The highest BCUT2D eigenvalue weighted by Gasteiger charge is 2.74. The Bertz CT molecular complexity index is 999. The maximum absolute atomic E-state index is 13.3. The van der Waals surface area contributed by atoms with E-state index in [1.165, 1.54) is 0 Å². The van der Waals surface area contributed by atoms with Crippen molar-refractivity contribution >= 4 is 17.0 Å². The molecule has 1 saturated carbocycles. The molecule has 0 amide bonds. The molecular formula is C21H24N2O4. The van der Waals surface area contributed by atoms with E-state index in [4.69, 9.17) is 24.2 Å². The van der Waals surface area contributed by atoms with Gasteiger partial charge in [0.25, 0.3) is 0 Å². The highest BCUT2D eigenvalue weighted by molar-refractivity contribution is 5.89. The number of carbonyl (C=O) groups excluding carboxylic acids is 1. The molecule has 0 radical (unpaired) electrons. The molecule has 1 aromatic carbocycles. The maximum Gasteiger partial charge on any atom is 0.319 e. The molecule has 2 bridgehead atoms. The van der Waals surface area contributed by atoms with Gasteiger partial charge in [-0.1, -0.05) is 20.8 Å². The Morgan fingerprint density at radius 1 is 1.04 bits per heavy atom. The number of benzene rings is 1. The van der Waals surface area contributed by atoms with Gasteiger partial charge in [-0.3, -0.25) is 4.79 Å². The first kappa shape index (κ1) is 16.8. The number of esters is 1. The zero-order chi connectivity index (χ0) is 19.2. The summed E-state index contributed by atoms with van der Waals surface area (Å²) in [6.07, 6.45) is 1.46. The van der Waals surface area contributed by atoms with Crippen LogP contribution in [0.2, 0.25) is 0 Å². The van der Waals surface area contributed by atoms with Crippen molar-refractivity contribution < 1.29 is 19.0 Å². The van der Waals surface area contributed by atoms with Gasteiger partial charge in [0.1, 0.15) is 5.41 Å². The van der Waals surface area contributed by atoms with Gasteiger partial charge in [0, 0.05) is 17.5 Å². The predicted molar refractivity (Wildman–Crippen MR) is 98.9 cm³/mol. The summed E-state index contributed by atoms with van der Waals surface area (Å²) in [4.78, 5) is 23.3. The van der Waals surface area contributed by atoms with Gasteiger partial charge in [-0.15, -0.1) is 0 Å². The minimum atomic E-state index is -0.765. The van der Waals surface area contributed by atoms with Crippen LogP contribution in [0.1, 0.15) is 58.8 Å². The van der Waals surface area contributed by atoms with Crippen LogP contribution in [-0.2, 0) is 20.4 Å². The Morgan fingerprint density at radius 3 is 2.22 bits per heavy atom. The molecule has 0 saturated heterocycles. The third-order valence-corrected chi connectivity index (χ3v) is 7.22. The van der Waals surface area contributed by atoms with E-state index in [2.05, 4.69) is 20.8 Å². The molecule has 142 valence electrons. The molecule has 2 aromatic rings. The molecule has 0 spiro atoms. The molecule has 6 heteroatoms. The summed E-state index contributed by atoms with van der Waals surface area (Å²) in [5.74, 6) is 1.18. The standard InChI is InChI=1S/C21H24N2O4/c1-11(2)27-18(24)21-7-6-20(5,19(21,3)4)16-17(21)23-13-9-15-14(25-10-26-15)8-12(13)22-16/h8-9,11H,6-7,10H2,1-5H3. The minimum Gasteiger partial charge on any atom is -0.462 e. The van der Waals surface area contributed by atoms with Crippen molar-refractivity contribution in [2.45, 2.75) is 64.4 Å². The minimum absolute atomic E-state index is 0.166. The summed E-state index contributed by atoms with van der Waals surface area (Å²) in [7, 11) is 0. The molecule has 1 aromatic heterocycles. The van der Waals surface area contributed by atoms with Gasteiger partial charge in [-0.25, -0.2) is 9.97 Å². The molecule has 3 aliphatic rings. The fraction of sp³-hybridized carbons (Fsp3) is 0.571. The van der Waals surface area contributed by atoms with Gasteiger partial charge < -0.3 is 14.2 Å². The van der Waals surface area contributed by atoms with Crippen LogP contribution in [0.15, 0.2) is 12.1 Å². The maximum atomic E-state index is 13.3. The quantitative estimate of drug-likeness (QED) is 0.754. The first-order valence-corrected chi connectivity index (χ1v) is 9.54. The van der Waals surface area contributed by atoms with Crippen LogP contribution in [-0.4, -0.2) is 28.8 Å². The molecule has 6 nitrogen and oxygen atoms in total. The van der Waals surface area contributed by atoms with E-state index in [1.807, 2.05) is 26.0 Å². The van der Waals surface area contributed by atoms with Crippen molar-refractivity contribution in [1.82, 2.24) is 9.97 Å². The van der Waals surface area contributed by atoms with E-state index in [-0.39, 0.29) is 29.7 Å². The Morgan fingerprint density at radius 2 is 1.63 bits per heavy atom. The van der Waals surface area contributed by atoms with Gasteiger partial charge in [0.15, 0.2) is 11.5 Å². The lowest BCUT2D eigenvalue weighted by molar-refractivity contribution is -0.159. The smallest absolute Gasteiger partial charge is 0.319 e. The van der Waals surface area contributed by atoms with Gasteiger partial charge in [0.05, 0.1) is 28.5 Å². The van der Waals surface area contributed by atoms with Gasteiger partial charge in [-0.2, -0.15) is 0 Å². The number of hydrogen-bond acceptors (Lipinski definition) is 6. The summed E-state index contributed by atoms with van der Waals surface area (Å²) in [6.45, 7) is 10.5. The van der Waals surface area contributed by atoms with Crippen LogP contribution < -0.4 is 9.47 Å². The molecular weight excluding hydrogens is 344 g/mol. The highest BCUT2D eigenvalue weighted by atomic mass is 16.7. The van der Waals surface area contributed by atoms with E-state index < -0.39 is 5.41 Å². The van der Waals surface area contributed by atoms with E-state index in [1.54, 1.807) is 0 Å². The molecule has 0 N–H and O–H groups in total. The Hall–Kier alpha value is -2.37. The van der Waals surface area contributed by atoms with Crippen molar-refractivity contribution in [2.75, 3.05) is 6.79 Å². The normalized spacial score (nSPS) is 29.4. The molecule has 5 rings (SSSR count). The van der Waals surface area contributed by atoms with Gasteiger partial charge in [0.2, 0.25) is 6.79 Å². The fourth-order valence-electron chi connectivity index (χ4n) is 5.26. The van der Waals surface area contributed by atoms with Crippen LogP contribution in [0.4, 0.5) is 0 Å². The third kappa shape index (κ3) is 1.79. The summed E-state index contributed by atoms with van der Waals surface area (Å²) in [5.41, 5.74) is 1.87. The first-order chi connectivity index (χ1) is 12.7. The summed E-state index contributed by atoms with van der Waals surface area (Å²) in [5, 5.41) is 0. The van der Waals surface area contributed by atoms with Gasteiger partial charge >= 0.3 is 5.97 Å². The van der Waals surface area contributed by atoms with Crippen LogP contribution in [0, 0.1) is 5.41 Å². The second-order valence-electron chi connectivity index (χ2n) is 8.93. The monoisotopic (exact) mass is 368 g/mol. The zero-order valence-electron chi connectivity index (χ0n) is 16.4. The highest BCUT2D eigenvalue weighted by Crippen LogP contribution is 2.70. The first-order valence-electron chi connectivity index (χ1n) is 9.54. The lowest BCUT2D eigenvalue weighted by Crippen LogP contribution is -2.47. The largest absolute Gasteiger partial charge is 0.462 e. The van der Waals surface area contributed by atoms with Crippen molar-refractivity contribution in [3.05, 3.63) is 23.5 Å². The predicted octanol–water partition coefficient (Wildman–Crippen LogP) is 3.64. The Kier molecular flexibility index (Phi) is 3.05. The molecule has 1 fully saturated rings. The summed E-state index contributed by atoms with van der Waals surface area (Å²) in [6, 6.07) is 3.74. The number of fused-ring (bicyclic) bond motifs is 7. The van der Waals surface area contributed by atoms with Crippen LogP contribution in [0.5, 0.6) is 11.5 Å². The van der Waals surface area contributed by atoms with Crippen LogP contribution in [0.3, 0.4) is 0 Å². The molecule has 27 heavy (non-hydrogen) atoms. The number of nitrogens with zero attached hydrogens (tertiary/aromatic N) is 2. The van der Waals surface area contributed by atoms with Crippen molar-refractivity contribution in [2.24, 2.45) is 5.41 Å². The number of rotatable bonds is 2. The van der Waals surface area contributed by atoms with Crippen LogP contribution in [0.25, 0.3) is 11.0 Å². The molecule has 2 atom stereocenters. The van der Waals surface area contributed by atoms with Crippen molar-refractivity contribution in [1.29, 1.82) is 0 Å². The third-order valence-electron chi connectivity index (χ3n) is 7.22. The lowest BCUT2D eigenvalue weighted by atomic mass is 9.64. The topological polar surface area (TPSA) is 70.5 Å². The average Bonchev–Trinajstić information content (AvgIpc) is 3.16. The molecule has 1 aliphatic heterocycles. The lowest BCUT2D eigenvalue weighted by Gasteiger charge is -2.39. The van der Waals surface area contributed by atoms with E-state index in [0.29, 0.717) is 11.5 Å². The Balaban J connectivity index is 1.78. The second kappa shape index (κ2) is 4.91. The fourth-order valence-corrected chi connectivity index (χ4v) is 5.26. The van der Waals surface area contributed by atoms with E-state index in [0.717, 1.165) is 35.3 Å². The van der Waals surface area contributed by atoms with Crippen LogP contribution >= 0.6 is 0 Å². The van der Waals surface area contributed by atoms with E-state index >= 15 is 0 Å². The zero-order valence-corrected chi connectivity index (χ0v) is 16.4. The number of hydrogen-bond donors (Lipinski definition) is 0. The number of aromatic nitrogens is 2. The van der Waals surface area contributed by atoms with Gasteiger partial charge in [-0.05, 0) is 32.1 Å². The Labute approximate surface area is 158 Å². The average molecular weight is 368 g/mol. The summed E-state index contributed by atoms with van der Waals surface area (Å²) < 4.78 is 16.7. The van der Waals surface area contributed by atoms with Crippen molar-refractivity contribution in [3.63, 3.8) is 0 Å². The van der Waals surface area contributed by atoms with E-state index in [9.17, 15) is 4.79 Å². The SMILES string of the molecule is CC(C)OC(=O)C12CCC(C)(c3nc4cc5c(cc4nc31)OCO5)C2(C)C. The number of ether oxygens (including phenoxy) is 3. The number of carbonyl (C=O) groups is 1. The molecule has 2 aliphatic carbocycles. The molecule has 2 unspecified atom stereocenters. The second-order valence-corrected chi connectivity index (χ2v) is 8.93. The summed E-state index contributed by atoms with van der Waals surface area (Å²) >= 11 is 0. The van der Waals surface area contributed by atoms with Crippen molar-refractivity contribution in [3.8, 4) is 11.5 Å². The molecule has 2 heterocycles.